The highest BCUT2D eigenvalue weighted by Gasteiger charge is 2.47. The van der Waals surface area contributed by atoms with Crippen molar-refractivity contribution in [3.63, 3.8) is 0 Å². The number of nitrogens with zero attached hydrogens (tertiary/aromatic N) is 3. The number of hydrogen-bond acceptors (Lipinski definition) is 5. The number of carbonyl (C=O) groups is 1. The maximum absolute atomic E-state index is 13.8. The van der Waals surface area contributed by atoms with Crippen LogP contribution < -0.4 is 10.2 Å². The van der Waals surface area contributed by atoms with E-state index in [0.29, 0.717) is 41.9 Å². The number of anilines is 1. The Morgan fingerprint density at radius 1 is 1.11 bits per heavy atom. The number of allylic oxidation sites excluding steroid dienone is 1. The van der Waals surface area contributed by atoms with Gasteiger partial charge in [0.05, 0.1) is 5.69 Å². The zero-order chi connectivity index (χ0) is 27.3. The summed E-state index contributed by atoms with van der Waals surface area (Å²) in [7, 11) is -3.89. The van der Waals surface area contributed by atoms with Crippen LogP contribution in [0, 0.1) is 0 Å². The number of benzene rings is 2. The van der Waals surface area contributed by atoms with Gasteiger partial charge in [-0.15, -0.1) is 0 Å². The normalized spacial score (nSPS) is 19.2. The molecular formula is C26H31BrCl2N4O3S. The Kier molecular flexibility index (Phi) is 10.2. The molecule has 37 heavy (non-hydrogen) atoms. The van der Waals surface area contributed by atoms with Gasteiger partial charge in [-0.05, 0) is 42.8 Å². The van der Waals surface area contributed by atoms with E-state index in [0.717, 1.165) is 10.0 Å². The number of rotatable bonds is 6. The van der Waals surface area contributed by atoms with Gasteiger partial charge in [0.15, 0.2) is 0 Å². The quantitative estimate of drug-likeness (QED) is 0.450. The van der Waals surface area contributed by atoms with Gasteiger partial charge in [-0.2, -0.15) is 4.31 Å². The molecule has 0 radical (unpaired) electrons. The predicted octanol–water partition coefficient (Wildman–Crippen LogP) is 5.61. The van der Waals surface area contributed by atoms with Crippen molar-refractivity contribution >= 4 is 60.7 Å². The standard InChI is InChI=1S/C24H25BrCl2N4O3S.C2H6/c1-3-23(35(33,34)29-10-8-28-9-11-29)31-16(2)30(21-14-19(26)13-20(27)15-21)24(32)22(31)12-17-4-6-18(25)7-5-17;1-2/h3-7,13-15,22,28H,2,8-12H2,1H3;1-2H3/b23-3+;. The molecule has 1 amide bonds. The van der Waals surface area contributed by atoms with E-state index in [1.807, 2.05) is 38.1 Å². The number of carbonyl (C=O) groups excluding carboxylic acids is 1. The Labute approximate surface area is 237 Å². The van der Waals surface area contributed by atoms with Gasteiger partial charge in [-0.1, -0.05) is 77.8 Å². The Bertz CT molecular complexity index is 1260. The SMILES string of the molecule is C=C1N(c2cc(Cl)cc(Cl)c2)C(=O)C(Cc2ccc(Br)cc2)N1/C(=C\C)S(=O)(=O)N1CCNCC1.CC. The van der Waals surface area contributed by atoms with E-state index in [9.17, 15) is 13.2 Å². The molecule has 4 rings (SSSR count). The lowest BCUT2D eigenvalue weighted by molar-refractivity contribution is -0.119. The molecule has 2 aromatic carbocycles. The number of nitrogens with one attached hydrogen (secondary N) is 1. The highest BCUT2D eigenvalue weighted by molar-refractivity contribution is 9.10. The van der Waals surface area contributed by atoms with Gasteiger partial charge >= 0.3 is 0 Å². The van der Waals surface area contributed by atoms with Crippen LogP contribution in [0.15, 0.2) is 70.4 Å². The Morgan fingerprint density at radius 2 is 1.68 bits per heavy atom. The fourth-order valence-electron chi connectivity index (χ4n) is 4.35. The van der Waals surface area contributed by atoms with E-state index >= 15 is 0 Å². The monoisotopic (exact) mass is 628 g/mol. The third-order valence-corrected chi connectivity index (χ3v) is 8.94. The Morgan fingerprint density at radius 3 is 2.22 bits per heavy atom. The van der Waals surface area contributed by atoms with E-state index < -0.39 is 16.1 Å². The molecule has 1 unspecified atom stereocenters. The van der Waals surface area contributed by atoms with E-state index in [4.69, 9.17) is 23.2 Å². The highest BCUT2D eigenvalue weighted by atomic mass is 79.9. The summed E-state index contributed by atoms with van der Waals surface area (Å²) in [4.78, 5) is 16.7. The zero-order valence-electron chi connectivity index (χ0n) is 21.0. The number of hydrogen-bond donors (Lipinski definition) is 1. The average Bonchev–Trinajstić information content (AvgIpc) is 3.11. The van der Waals surface area contributed by atoms with Gasteiger partial charge in [0, 0.05) is 47.1 Å². The molecule has 2 aliphatic rings. The molecule has 2 fully saturated rings. The lowest BCUT2D eigenvalue weighted by Crippen LogP contribution is -2.49. The molecule has 0 bridgehead atoms. The van der Waals surface area contributed by atoms with Crippen molar-refractivity contribution in [2.75, 3.05) is 31.1 Å². The summed E-state index contributed by atoms with van der Waals surface area (Å²) >= 11 is 15.9. The lowest BCUT2D eigenvalue weighted by atomic mass is 10.1. The molecule has 2 aliphatic heterocycles. The van der Waals surface area contributed by atoms with Crippen LogP contribution in [0.3, 0.4) is 0 Å². The second-order valence-corrected chi connectivity index (χ2v) is 11.9. The van der Waals surface area contributed by atoms with E-state index in [2.05, 4.69) is 27.8 Å². The lowest BCUT2D eigenvalue weighted by Gasteiger charge is -2.33. The molecule has 0 aliphatic carbocycles. The minimum atomic E-state index is -3.89. The van der Waals surface area contributed by atoms with Crippen LogP contribution in [0.2, 0.25) is 10.0 Å². The molecule has 2 aromatic rings. The Hall–Kier alpha value is -1.88. The molecule has 1 N–H and O–H groups in total. The van der Waals surface area contributed by atoms with Crippen molar-refractivity contribution in [2.24, 2.45) is 0 Å². The molecular weight excluding hydrogens is 599 g/mol. The van der Waals surface area contributed by atoms with Crippen LogP contribution in [0.1, 0.15) is 26.3 Å². The summed E-state index contributed by atoms with van der Waals surface area (Å²) in [6, 6.07) is 11.5. The van der Waals surface area contributed by atoms with Crippen molar-refractivity contribution in [3.8, 4) is 0 Å². The van der Waals surface area contributed by atoms with Crippen LogP contribution in [-0.4, -0.2) is 55.8 Å². The molecule has 200 valence electrons. The van der Waals surface area contributed by atoms with Crippen molar-refractivity contribution < 1.29 is 13.2 Å². The van der Waals surface area contributed by atoms with Crippen molar-refractivity contribution in [2.45, 2.75) is 33.2 Å². The minimum Gasteiger partial charge on any atom is -0.314 e. The first-order valence-corrected chi connectivity index (χ1v) is 15.0. The summed E-state index contributed by atoms with van der Waals surface area (Å²) in [6.45, 7) is 11.6. The molecule has 2 heterocycles. The van der Waals surface area contributed by atoms with Crippen LogP contribution in [0.25, 0.3) is 0 Å². The molecule has 0 aromatic heterocycles. The largest absolute Gasteiger partial charge is 0.314 e. The molecule has 2 saturated heterocycles. The molecule has 0 saturated carbocycles. The number of amides is 1. The van der Waals surface area contributed by atoms with Crippen molar-refractivity contribution in [1.29, 1.82) is 0 Å². The van der Waals surface area contributed by atoms with Gasteiger partial charge < -0.3 is 10.2 Å². The number of piperazine rings is 1. The molecule has 1 atom stereocenters. The zero-order valence-corrected chi connectivity index (χ0v) is 25.0. The van der Waals surface area contributed by atoms with Gasteiger partial charge in [-0.3, -0.25) is 9.69 Å². The second-order valence-electron chi connectivity index (χ2n) is 8.21. The highest BCUT2D eigenvalue weighted by Crippen LogP contribution is 2.38. The van der Waals surface area contributed by atoms with Crippen LogP contribution in [0.4, 0.5) is 5.69 Å². The first-order chi connectivity index (χ1) is 17.6. The number of sulfonamides is 1. The van der Waals surface area contributed by atoms with Crippen molar-refractivity contribution in [3.05, 3.63) is 86.1 Å². The van der Waals surface area contributed by atoms with Crippen LogP contribution in [-0.2, 0) is 21.2 Å². The molecule has 7 nitrogen and oxygen atoms in total. The summed E-state index contributed by atoms with van der Waals surface area (Å²) in [5.74, 6) is -0.0895. The van der Waals surface area contributed by atoms with Crippen molar-refractivity contribution in [1.82, 2.24) is 14.5 Å². The fraction of sp³-hybridized carbons (Fsp3) is 0.346. The van der Waals surface area contributed by atoms with E-state index in [1.54, 1.807) is 25.1 Å². The van der Waals surface area contributed by atoms with Crippen LogP contribution in [0.5, 0.6) is 0 Å². The third-order valence-electron chi connectivity index (χ3n) is 5.97. The summed E-state index contributed by atoms with van der Waals surface area (Å²) in [5, 5.41) is 3.90. The maximum atomic E-state index is 13.8. The predicted molar refractivity (Wildman–Crippen MR) is 155 cm³/mol. The first-order valence-electron chi connectivity index (χ1n) is 12.0. The van der Waals surface area contributed by atoms with Crippen LogP contribution >= 0.6 is 39.1 Å². The molecule has 0 spiro atoms. The first kappa shape index (κ1) is 29.7. The molecule has 11 heteroatoms. The fourth-order valence-corrected chi connectivity index (χ4v) is 6.84. The van der Waals surface area contributed by atoms with Gasteiger partial charge in [0.2, 0.25) is 0 Å². The summed E-state index contributed by atoms with van der Waals surface area (Å²) in [6.07, 6.45) is 1.81. The van der Waals surface area contributed by atoms with E-state index in [1.165, 1.54) is 20.2 Å². The topological polar surface area (TPSA) is 73.0 Å². The van der Waals surface area contributed by atoms with Gasteiger partial charge in [0.1, 0.15) is 16.9 Å². The maximum Gasteiger partial charge on any atom is 0.258 e. The second kappa shape index (κ2) is 12.8. The third kappa shape index (κ3) is 6.41. The summed E-state index contributed by atoms with van der Waals surface area (Å²) < 4.78 is 29.8. The average molecular weight is 630 g/mol. The van der Waals surface area contributed by atoms with E-state index in [-0.39, 0.29) is 23.2 Å². The smallest absolute Gasteiger partial charge is 0.258 e. The Balaban J connectivity index is 0.00000186. The van der Waals surface area contributed by atoms with Gasteiger partial charge in [-0.25, -0.2) is 8.42 Å². The van der Waals surface area contributed by atoms with Gasteiger partial charge in [0.25, 0.3) is 15.9 Å². The summed E-state index contributed by atoms with van der Waals surface area (Å²) in [5.41, 5.74) is 1.31. The number of halogens is 3. The minimum absolute atomic E-state index is 0.0236.